The number of carbonyl (C=O) groups excluding carboxylic acids is 1. The largest absolute Gasteiger partial charge is 0.542 e. The molecule has 3 nitrogen and oxygen atoms in total. The molecule has 0 amide bonds. The first kappa shape index (κ1) is 15.0. The van der Waals surface area contributed by atoms with E-state index in [1.165, 1.54) is 0 Å². The predicted octanol–water partition coefficient (Wildman–Crippen LogP) is 3.57. The van der Waals surface area contributed by atoms with Gasteiger partial charge in [0.05, 0.1) is 5.56 Å². The number of benzene rings is 1. The topological polar surface area (TPSA) is 35.5 Å². The Morgan fingerprint density at radius 1 is 0.944 bits per heavy atom. The molecule has 0 N–H and O–H groups in total. The zero-order valence-electron chi connectivity index (χ0n) is 12.0. The minimum Gasteiger partial charge on any atom is -0.542 e. The highest BCUT2D eigenvalue weighted by molar-refractivity contribution is 6.71. The Kier molecular flexibility index (Phi) is 4.39. The fourth-order valence-electron chi connectivity index (χ4n) is 1.42. The minimum atomic E-state index is -1.80. The van der Waals surface area contributed by atoms with Gasteiger partial charge in [0.25, 0.3) is 0 Å². The van der Waals surface area contributed by atoms with Crippen LogP contribution in [0.15, 0.2) is 18.2 Å². The van der Waals surface area contributed by atoms with Gasteiger partial charge in [-0.15, -0.1) is 0 Å². The molecule has 99 valence electrons. The molecule has 0 saturated heterocycles. The molecule has 0 aromatic heterocycles. The van der Waals surface area contributed by atoms with Crippen LogP contribution in [0, 0.1) is 0 Å². The van der Waals surface area contributed by atoms with Crippen molar-refractivity contribution in [2.24, 2.45) is 0 Å². The van der Waals surface area contributed by atoms with Gasteiger partial charge >= 0.3 is 0 Å². The Morgan fingerprint density at radius 2 is 1.50 bits per heavy atom. The molecule has 0 spiro atoms. The number of hydrogen-bond acceptors (Lipinski definition) is 3. The first-order chi connectivity index (χ1) is 8.12. The molecular weight excluding hydrogens is 260 g/mol. The second kappa shape index (κ2) is 5.28. The van der Waals surface area contributed by atoms with Crippen LogP contribution in [-0.4, -0.2) is 22.9 Å². The summed E-state index contributed by atoms with van der Waals surface area (Å²) in [6, 6.07) is 5.36. The van der Waals surface area contributed by atoms with Crippen molar-refractivity contribution in [3.63, 3.8) is 0 Å². The molecule has 1 aromatic carbocycles. The van der Waals surface area contributed by atoms with E-state index in [0.717, 1.165) is 0 Å². The van der Waals surface area contributed by atoms with Gasteiger partial charge in [0.1, 0.15) is 5.75 Å². The van der Waals surface area contributed by atoms with Gasteiger partial charge in [-0.1, -0.05) is 6.07 Å². The summed E-state index contributed by atoms with van der Waals surface area (Å²) in [7, 11) is -3.53. The SMILES string of the molecule is C[Si](C)(C)Oc1cccc([C]=O)c1O[Si](C)(C)C. The van der Waals surface area contributed by atoms with Crippen LogP contribution in [-0.2, 0) is 4.79 Å². The summed E-state index contributed by atoms with van der Waals surface area (Å²) in [4.78, 5) is 11.0. The smallest absolute Gasteiger partial charge is 0.242 e. The molecule has 0 aliphatic heterocycles. The molecule has 0 unspecified atom stereocenters. The Bertz CT molecular complexity index is 431. The van der Waals surface area contributed by atoms with Crippen molar-refractivity contribution in [2.45, 2.75) is 39.3 Å². The maximum absolute atomic E-state index is 11.0. The van der Waals surface area contributed by atoms with Gasteiger partial charge in [0, 0.05) is 0 Å². The van der Waals surface area contributed by atoms with Crippen molar-refractivity contribution in [2.75, 3.05) is 0 Å². The van der Waals surface area contributed by atoms with Crippen LogP contribution in [0.25, 0.3) is 0 Å². The molecule has 0 atom stereocenters. The molecule has 0 aliphatic rings. The van der Waals surface area contributed by atoms with Gasteiger partial charge in [-0.3, -0.25) is 4.79 Å². The molecule has 5 heteroatoms. The highest BCUT2D eigenvalue weighted by Gasteiger charge is 2.24. The van der Waals surface area contributed by atoms with Crippen LogP contribution in [0.5, 0.6) is 11.5 Å². The first-order valence-corrected chi connectivity index (χ1v) is 12.8. The van der Waals surface area contributed by atoms with E-state index in [-0.39, 0.29) is 0 Å². The Hall–Kier alpha value is -1.08. The maximum Gasteiger partial charge on any atom is 0.242 e. The molecule has 1 aromatic rings. The van der Waals surface area contributed by atoms with Gasteiger partial charge in [-0.25, -0.2) is 0 Å². The second-order valence-electron chi connectivity index (χ2n) is 6.16. The van der Waals surface area contributed by atoms with Crippen LogP contribution in [0.2, 0.25) is 39.3 Å². The molecule has 0 bridgehead atoms. The number of rotatable bonds is 5. The van der Waals surface area contributed by atoms with Gasteiger partial charge in [0.15, 0.2) is 5.75 Å². The predicted molar refractivity (Wildman–Crippen MR) is 79.2 cm³/mol. The van der Waals surface area contributed by atoms with Crippen LogP contribution < -0.4 is 8.85 Å². The van der Waals surface area contributed by atoms with Crippen molar-refractivity contribution < 1.29 is 13.6 Å². The van der Waals surface area contributed by atoms with E-state index in [0.29, 0.717) is 17.1 Å². The summed E-state index contributed by atoms with van der Waals surface area (Å²) < 4.78 is 12.0. The Morgan fingerprint density at radius 3 is 1.94 bits per heavy atom. The van der Waals surface area contributed by atoms with E-state index in [1.807, 2.05) is 12.4 Å². The van der Waals surface area contributed by atoms with Crippen molar-refractivity contribution in [1.29, 1.82) is 0 Å². The van der Waals surface area contributed by atoms with Crippen LogP contribution in [0.3, 0.4) is 0 Å². The van der Waals surface area contributed by atoms with Gasteiger partial charge in [-0.2, -0.15) is 0 Å². The number of hydrogen-bond donors (Lipinski definition) is 0. The fraction of sp³-hybridized carbons (Fsp3) is 0.462. The lowest BCUT2D eigenvalue weighted by atomic mass is 10.2. The van der Waals surface area contributed by atoms with E-state index in [4.69, 9.17) is 8.85 Å². The third kappa shape index (κ3) is 4.66. The van der Waals surface area contributed by atoms with Crippen LogP contribution >= 0.6 is 0 Å². The Labute approximate surface area is 111 Å². The van der Waals surface area contributed by atoms with E-state index < -0.39 is 16.6 Å². The zero-order chi connectivity index (χ0) is 14.0. The van der Waals surface area contributed by atoms with Crippen molar-refractivity contribution in [3.05, 3.63) is 23.8 Å². The molecule has 0 heterocycles. The molecular formula is C13H21O3Si2. The van der Waals surface area contributed by atoms with E-state index >= 15 is 0 Å². The molecule has 1 rings (SSSR count). The molecule has 0 aliphatic carbocycles. The van der Waals surface area contributed by atoms with Gasteiger partial charge < -0.3 is 8.85 Å². The lowest BCUT2D eigenvalue weighted by Gasteiger charge is -2.26. The van der Waals surface area contributed by atoms with Crippen molar-refractivity contribution in [3.8, 4) is 11.5 Å². The summed E-state index contributed by atoms with van der Waals surface area (Å²) in [5, 5.41) is 0. The first-order valence-electron chi connectivity index (χ1n) is 6.01. The Balaban J connectivity index is 3.20. The van der Waals surface area contributed by atoms with Gasteiger partial charge in [-0.05, 0) is 51.4 Å². The van der Waals surface area contributed by atoms with Gasteiger partial charge in [0.2, 0.25) is 22.9 Å². The third-order valence-electron chi connectivity index (χ3n) is 1.91. The summed E-state index contributed by atoms with van der Waals surface area (Å²) in [6.07, 6.45) is 1.93. The quantitative estimate of drug-likeness (QED) is 0.774. The monoisotopic (exact) mass is 281 g/mol. The lowest BCUT2D eigenvalue weighted by molar-refractivity contribution is 0.486. The average molecular weight is 281 g/mol. The second-order valence-corrected chi connectivity index (χ2v) is 15.0. The summed E-state index contributed by atoms with van der Waals surface area (Å²) in [5.41, 5.74) is 0.438. The third-order valence-corrected chi connectivity index (χ3v) is 3.56. The zero-order valence-corrected chi connectivity index (χ0v) is 14.0. The standard InChI is InChI=1S/C13H21O3Si2/c1-17(2,3)15-12-9-7-8-11(10-14)13(12)16-18(4,5)6/h7-9H,1-6H3. The lowest BCUT2D eigenvalue weighted by Crippen LogP contribution is -2.32. The van der Waals surface area contributed by atoms with E-state index in [2.05, 4.69) is 39.3 Å². The normalized spacial score (nSPS) is 12.1. The molecule has 0 fully saturated rings. The average Bonchev–Trinajstić information content (AvgIpc) is 2.16. The molecule has 18 heavy (non-hydrogen) atoms. The summed E-state index contributed by atoms with van der Waals surface area (Å²) in [5.74, 6) is 1.21. The van der Waals surface area contributed by atoms with Crippen LogP contribution in [0.4, 0.5) is 0 Å². The van der Waals surface area contributed by atoms with Crippen LogP contribution in [0.1, 0.15) is 5.56 Å². The highest BCUT2D eigenvalue weighted by atomic mass is 28.4. The van der Waals surface area contributed by atoms with E-state index in [1.54, 1.807) is 12.1 Å². The molecule has 1 radical (unpaired) electrons. The molecule has 0 saturated carbocycles. The van der Waals surface area contributed by atoms with E-state index in [9.17, 15) is 4.79 Å². The fourth-order valence-corrected chi connectivity index (χ4v) is 3.06. The minimum absolute atomic E-state index is 0.438. The highest BCUT2D eigenvalue weighted by Crippen LogP contribution is 2.34. The summed E-state index contributed by atoms with van der Waals surface area (Å²) >= 11 is 0. The summed E-state index contributed by atoms with van der Waals surface area (Å²) in [6.45, 7) is 12.5. The van der Waals surface area contributed by atoms with Crippen molar-refractivity contribution >= 4 is 22.9 Å². The number of para-hydroxylation sites is 1. The van der Waals surface area contributed by atoms with Crippen molar-refractivity contribution in [1.82, 2.24) is 0 Å². The maximum atomic E-state index is 11.0.